The molecule has 6 rings (SSSR count). The van der Waals surface area contributed by atoms with Crippen LogP contribution >= 0.6 is 11.6 Å². The van der Waals surface area contributed by atoms with E-state index >= 15 is 0 Å². The van der Waals surface area contributed by atoms with Gasteiger partial charge >= 0.3 is 0 Å². The molecule has 41 heavy (non-hydrogen) atoms. The minimum Gasteiger partial charge on any atom is -0.487 e. The maximum Gasteiger partial charge on any atom is 0.264 e. The summed E-state index contributed by atoms with van der Waals surface area (Å²) < 4.78 is 41.4. The van der Waals surface area contributed by atoms with E-state index in [1.165, 1.54) is 12.0 Å². The predicted molar refractivity (Wildman–Crippen MR) is 161 cm³/mol. The van der Waals surface area contributed by atoms with E-state index in [2.05, 4.69) is 9.62 Å². The first kappa shape index (κ1) is 28.8. The highest BCUT2D eigenvalue weighted by Crippen LogP contribution is 2.53. The number of nitrogens with one attached hydrogen (secondary N) is 1. The van der Waals surface area contributed by atoms with Crippen molar-refractivity contribution in [2.75, 3.05) is 24.6 Å². The van der Waals surface area contributed by atoms with Crippen LogP contribution in [0, 0.1) is 17.8 Å². The van der Waals surface area contributed by atoms with Crippen molar-refractivity contribution in [1.82, 2.24) is 4.72 Å². The summed E-state index contributed by atoms with van der Waals surface area (Å²) in [6, 6.07) is 11.3. The molecule has 2 aromatic carbocycles. The van der Waals surface area contributed by atoms with Gasteiger partial charge in [-0.25, -0.2) is 13.1 Å². The Hall–Kier alpha value is -2.29. The summed E-state index contributed by atoms with van der Waals surface area (Å²) in [6.45, 7) is 6.54. The molecule has 1 amide bonds. The van der Waals surface area contributed by atoms with Crippen molar-refractivity contribution < 1.29 is 22.7 Å². The van der Waals surface area contributed by atoms with Crippen LogP contribution in [0.3, 0.4) is 0 Å². The van der Waals surface area contributed by atoms with Gasteiger partial charge < -0.3 is 14.4 Å². The van der Waals surface area contributed by atoms with E-state index in [4.69, 9.17) is 21.1 Å². The number of aryl methyl sites for hydroxylation is 1. The Morgan fingerprint density at radius 3 is 2.61 bits per heavy atom. The molecule has 0 radical (unpaired) electrons. The van der Waals surface area contributed by atoms with Gasteiger partial charge in [0, 0.05) is 23.7 Å². The van der Waals surface area contributed by atoms with Crippen LogP contribution in [0.15, 0.2) is 36.4 Å². The van der Waals surface area contributed by atoms with E-state index in [0.717, 1.165) is 80.9 Å². The summed E-state index contributed by atoms with van der Waals surface area (Å²) in [5, 5.41) is 0.0480. The van der Waals surface area contributed by atoms with Crippen molar-refractivity contribution in [3.05, 3.63) is 58.1 Å². The van der Waals surface area contributed by atoms with E-state index in [1.54, 1.807) is 13.0 Å². The van der Waals surface area contributed by atoms with Crippen molar-refractivity contribution in [3.63, 3.8) is 0 Å². The molecule has 1 N–H and O–H groups in total. The zero-order chi connectivity index (χ0) is 28.8. The maximum atomic E-state index is 13.3. The summed E-state index contributed by atoms with van der Waals surface area (Å²) in [7, 11) is -3.84. The molecule has 1 aliphatic carbocycles. The molecule has 3 aliphatic heterocycles. The van der Waals surface area contributed by atoms with Crippen LogP contribution in [0.1, 0.15) is 80.3 Å². The summed E-state index contributed by atoms with van der Waals surface area (Å²) in [6.07, 6.45) is 7.91. The topological polar surface area (TPSA) is 88.2 Å². The minimum absolute atomic E-state index is 0.0628. The Labute approximate surface area is 249 Å². The van der Waals surface area contributed by atoms with Gasteiger partial charge in [-0.05, 0) is 111 Å². The molecule has 5 atom stereocenters. The number of sulfonamides is 1. The zero-order valence-electron chi connectivity index (χ0n) is 24.0. The van der Waals surface area contributed by atoms with Crippen LogP contribution in [0.25, 0.3) is 0 Å². The van der Waals surface area contributed by atoms with Crippen LogP contribution in [-0.4, -0.2) is 44.9 Å². The molecule has 1 spiro atoms. The molecule has 7 nitrogen and oxygen atoms in total. The number of epoxide rings is 1. The van der Waals surface area contributed by atoms with Crippen molar-refractivity contribution in [2.45, 2.75) is 82.7 Å². The van der Waals surface area contributed by atoms with Gasteiger partial charge in [-0.3, -0.25) is 4.79 Å². The second kappa shape index (κ2) is 11.4. The van der Waals surface area contributed by atoms with Crippen LogP contribution in [-0.2, 0) is 27.8 Å². The summed E-state index contributed by atoms with van der Waals surface area (Å²) in [5.41, 5.74) is 3.41. The van der Waals surface area contributed by atoms with Crippen LogP contribution in [0.5, 0.6) is 5.75 Å². The Kier molecular flexibility index (Phi) is 8.02. The van der Waals surface area contributed by atoms with Gasteiger partial charge in [-0.2, -0.15) is 0 Å². The summed E-state index contributed by atoms with van der Waals surface area (Å²) in [4.78, 5) is 15.7. The number of fused-ring (bicyclic) bond motifs is 4. The highest BCUT2D eigenvalue weighted by molar-refractivity contribution is 7.90. The average Bonchev–Trinajstić information content (AvgIpc) is 3.69. The van der Waals surface area contributed by atoms with Gasteiger partial charge in [0.05, 0.1) is 23.1 Å². The first-order chi connectivity index (χ1) is 19.6. The molecular weight excluding hydrogens is 560 g/mol. The standard InChI is InChI=1S/C32H41ClN2O5S/c1-21-6-5-14-32(20-40-32)28-12-9-25(28)18-35-15-4-3-7-23-16-27(33)11-8-26(23)19-39-30-13-10-24(17-29(30)35)31(36)34-41(37,38)22(21)2/h8,10-11,13,16-17,21-22,25,28H,3-7,9,12,14-15,18-20H2,1-2H3,(H,34,36)/t21-,22+,25-,28+,32+/m0/s1. The monoisotopic (exact) mass is 600 g/mol. The Morgan fingerprint density at radius 1 is 1.02 bits per heavy atom. The number of hydrogen-bond acceptors (Lipinski definition) is 6. The third-order valence-electron chi connectivity index (χ3n) is 10.1. The first-order valence-electron chi connectivity index (χ1n) is 15.1. The number of amides is 1. The van der Waals surface area contributed by atoms with Crippen molar-refractivity contribution in [1.29, 1.82) is 0 Å². The number of hydrogen-bond donors (Lipinski definition) is 1. The second-order valence-corrected chi connectivity index (χ2v) is 15.1. The highest BCUT2D eigenvalue weighted by atomic mass is 35.5. The van der Waals surface area contributed by atoms with E-state index in [9.17, 15) is 13.2 Å². The number of benzene rings is 2. The Bertz CT molecular complexity index is 1410. The molecule has 3 heterocycles. The smallest absolute Gasteiger partial charge is 0.264 e. The van der Waals surface area contributed by atoms with Crippen LogP contribution in [0.2, 0.25) is 5.02 Å². The van der Waals surface area contributed by atoms with Crippen LogP contribution < -0.4 is 14.4 Å². The summed E-state index contributed by atoms with van der Waals surface area (Å²) >= 11 is 6.32. The third kappa shape index (κ3) is 5.98. The Balaban J connectivity index is 1.38. The van der Waals surface area contributed by atoms with Gasteiger partial charge in [0.25, 0.3) is 5.91 Å². The zero-order valence-corrected chi connectivity index (χ0v) is 25.6. The number of nitrogens with zero attached hydrogens (tertiary/aromatic N) is 1. The molecule has 1 saturated carbocycles. The number of ether oxygens (including phenoxy) is 2. The normalized spacial score (nSPS) is 31.9. The molecule has 0 unspecified atom stereocenters. The molecule has 9 heteroatoms. The molecule has 2 aromatic rings. The molecular formula is C32H41ClN2O5S. The lowest BCUT2D eigenvalue weighted by atomic mass is 9.65. The van der Waals surface area contributed by atoms with Crippen molar-refractivity contribution in [3.8, 4) is 5.75 Å². The number of rotatable bonds is 0. The highest BCUT2D eigenvalue weighted by Gasteiger charge is 2.56. The number of halogens is 1. The average molecular weight is 601 g/mol. The number of carbonyl (C=O) groups excluding carboxylic acids is 1. The Morgan fingerprint density at radius 2 is 1.85 bits per heavy atom. The fraction of sp³-hybridized carbons (Fsp3) is 0.594. The van der Waals surface area contributed by atoms with Gasteiger partial charge in [0.1, 0.15) is 12.4 Å². The van der Waals surface area contributed by atoms with Crippen molar-refractivity contribution >= 4 is 33.2 Å². The van der Waals surface area contributed by atoms with Gasteiger partial charge in [-0.1, -0.05) is 31.0 Å². The van der Waals surface area contributed by atoms with E-state index in [1.807, 2.05) is 37.3 Å². The van der Waals surface area contributed by atoms with E-state index in [0.29, 0.717) is 29.8 Å². The fourth-order valence-corrected chi connectivity index (χ4v) is 8.53. The molecule has 0 aromatic heterocycles. The minimum atomic E-state index is -3.84. The maximum absolute atomic E-state index is 13.3. The molecule has 2 bridgehead atoms. The largest absolute Gasteiger partial charge is 0.487 e. The fourth-order valence-electron chi connectivity index (χ4n) is 7.02. The first-order valence-corrected chi connectivity index (χ1v) is 17.1. The van der Waals surface area contributed by atoms with E-state index in [-0.39, 0.29) is 11.5 Å². The van der Waals surface area contributed by atoms with Gasteiger partial charge in [-0.15, -0.1) is 0 Å². The third-order valence-corrected chi connectivity index (χ3v) is 12.2. The lowest BCUT2D eigenvalue weighted by Gasteiger charge is -2.44. The van der Waals surface area contributed by atoms with Crippen LogP contribution in [0.4, 0.5) is 5.69 Å². The quantitative estimate of drug-likeness (QED) is 0.366. The lowest BCUT2D eigenvalue weighted by Crippen LogP contribution is -2.45. The molecule has 222 valence electrons. The second-order valence-electron chi connectivity index (χ2n) is 12.6. The molecule has 2 fully saturated rings. The number of anilines is 1. The van der Waals surface area contributed by atoms with Gasteiger partial charge in [0.15, 0.2) is 0 Å². The SMILES string of the molecule is C[C@@H]1[C@@H](C)CCC[C@@]2(CO2)[C@@H]2CC[C@H]2CN2CCCCc3cc(Cl)ccc3COc3ccc(cc32)C(=O)NS1(=O)=O. The van der Waals surface area contributed by atoms with Crippen molar-refractivity contribution in [2.24, 2.45) is 17.8 Å². The predicted octanol–water partition coefficient (Wildman–Crippen LogP) is 6.13. The number of carbonyl (C=O) groups is 1. The lowest BCUT2D eigenvalue weighted by molar-refractivity contribution is 0.0649. The molecule has 4 aliphatic rings. The van der Waals surface area contributed by atoms with E-state index < -0.39 is 21.2 Å². The summed E-state index contributed by atoms with van der Waals surface area (Å²) in [5.74, 6) is 1.04. The molecule has 1 saturated heterocycles. The van der Waals surface area contributed by atoms with Gasteiger partial charge in [0.2, 0.25) is 10.0 Å².